The van der Waals surface area contributed by atoms with Crippen molar-refractivity contribution in [1.82, 2.24) is 0 Å². The van der Waals surface area contributed by atoms with Gasteiger partial charge in [-0.25, -0.2) is 0 Å². The molecule has 0 aliphatic rings. The zero-order chi connectivity index (χ0) is 13.0. The monoisotopic (exact) mass is 320 g/mol. The Kier molecular flexibility index (Phi) is 4.62. The van der Waals surface area contributed by atoms with Crippen molar-refractivity contribution < 1.29 is 0 Å². The standard InChI is InChI=1S/C16H14BrCl/c1-12(13-5-3-2-4-6-13)11-16(18)14-7-9-15(17)10-8-14/h2-12H,1H3/b16-11+. The van der Waals surface area contributed by atoms with E-state index in [0.29, 0.717) is 5.92 Å². The molecule has 2 rings (SSSR count). The van der Waals surface area contributed by atoms with Crippen molar-refractivity contribution in [3.05, 3.63) is 76.3 Å². The summed E-state index contributed by atoms with van der Waals surface area (Å²) in [6, 6.07) is 18.4. The van der Waals surface area contributed by atoms with Gasteiger partial charge in [0.15, 0.2) is 0 Å². The molecule has 2 heteroatoms. The lowest BCUT2D eigenvalue weighted by Gasteiger charge is -2.08. The van der Waals surface area contributed by atoms with Gasteiger partial charge in [0, 0.05) is 15.4 Å². The average Bonchev–Trinajstić information content (AvgIpc) is 2.40. The lowest BCUT2D eigenvalue weighted by atomic mass is 10.00. The topological polar surface area (TPSA) is 0 Å². The van der Waals surface area contributed by atoms with E-state index >= 15 is 0 Å². The van der Waals surface area contributed by atoms with E-state index in [9.17, 15) is 0 Å². The van der Waals surface area contributed by atoms with Gasteiger partial charge in [0.1, 0.15) is 0 Å². The van der Waals surface area contributed by atoms with Crippen LogP contribution in [0.2, 0.25) is 0 Å². The van der Waals surface area contributed by atoms with Crippen LogP contribution in [0.5, 0.6) is 0 Å². The molecule has 0 nitrogen and oxygen atoms in total. The molecule has 1 unspecified atom stereocenters. The molecule has 18 heavy (non-hydrogen) atoms. The highest BCUT2D eigenvalue weighted by Crippen LogP contribution is 2.26. The summed E-state index contributed by atoms with van der Waals surface area (Å²) >= 11 is 9.77. The Morgan fingerprint density at radius 3 is 2.28 bits per heavy atom. The molecule has 1 atom stereocenters. The molecule has 0 radical (unpaired) electrons. The summed E-state index contributed by atoms with van der Waals surface area (Å²) in [5.41, 5.74) is 2.32. The third-order valence-electron chi connectivity index (χ3n) is 2.84. The molecule has 92 valence electrons. The van der Waals surface area contributed by atoms with Gasteiger partial charge in [0.25, 0.3) is 0 Å². The van der Waals surface area contributed by atoms with Crippen LogP contribution in [0.25, 0.3) is 5.03 Å². The zero-order valence-corrected chi connectivity index (χ0v) is 12.4. The maximum Gasteiger partial charge on any atom is 0.0444 e. The molecule has 0 fully saturated rings. The first-order chi connectivity index (χ1) is 8.66. The van der Waals surface area contributed by atoms with Crippen LogP contribution >= 0.6 is 27.5 Å². The van der Waals surface area contributed by atoms with Crippen molar-refractivity contribution >= 4 is 32.6 Å². The molecule has 0 amide bonds. The van der Waals surface area contributed by atoms with Crippen LogP contribution in [-0.4, -0.2) is 0 Å². The van der Waals surface area contributed by atoms with E-state index in [1.165, 1.54) is 5.56 Å². The number of rotatable bonds is 3. The molecule has 0 aromatic heterocycles. The summed E-state index contributed by atoms with van der Waals surface area (Å²) in [5, 5.41) is 0.791. The lowest BCUT2D eigenvalue weighted by molar-refractivity contribution is 0.972. The smallest absolute Gasteiger partial charge is 0.0444 e. The van der Waals surface area contributed by atoms with Crippen molar-refractivity contribution in [2.45, 2.75) is 12.8 Å². The second-order valence-corrected chi connectivity index (χ2v) is 5.54. The van der Waals surface area contributed by atoms with Gasteiger partial charge in [-0.15, -0.1) is 0 Å². The highest BCUT2D eigenvalue weighted by atomic mass is 79.9. The third kappa shape index (κ3) is 3.47. The number of allylic oxidation sites excluding steroid dienone is 1. The van der Waals surface area contributed by atoms with Gasteiger partial charge in [-0.1, -0.05) is 83.0 Å². The van der Waals surface area contributed by atoms with Gasteiger partial charge in [0.05, 0.1) is 0 Å². The molecule has 2 aromatic rings. The predicted octanol–water partition coefficient (Wildman–Crippen LogP) is 5.83. The largest absolute Gasteiger partial charge is 0.0840 e. The van der Waals surface area contributed by atoms with E-state index in [0.717, 1.165) is 15.1 Å². The van der Waals surface area contributed by atoms with E-state index in [2.05, 4.69) is 41.1 Å². The first kappa shape index (κ1) is 13.4. The highest BCUT2D eigenvalue weighted by molar-refractivity contribution is 9.10. The maximum absolute atomic E-state index is 6.35. The Labute approximate surface area is 121 Å². The Morgan fingerprint density at radius 2 is 1.67 bits per heavy atom. The van der Waals surface area contributed by atoms with Crippen LogP contribution in [0.3, 0.4) is 0 Å². The number of hydrogen-bond acceptors (Lipinski definition) is 0. The van der Waals surface area contributed by atoms with E-state index in [1.54, 1.807) is 0 Å². The zero-order valence-electron chi connectivity index (χ0n) is 10.1. The Bertz CT molecular complexity index is 529. The predicted molar refractivity (Wildman–Crippen MR) is 82.8 cm³/mol. The fourth-order valence-electron chi connectivity index (χ4n) is 1.78. The fourth-order valence-corrected chi connectivity index (χ4v) is 2.36. The van der Waals surface area contributed by atoms with Gasteiger partial charge >= 0.3 is 0 Å². The molecule has 0 spiro atoms. The minimum absolute atomic E-state index is 0.308. The minimum Gasteiger partial charge on any atom is -0.0840 e. The Morgan fingerprint density at radius 1 is 1.06 bits per heavy atom. The summed E-state index contributed by atoms with van der Waals surface area (Å²) in [6.45, 7) is 2.15. The van der Waals surface area contributed by atoms with Gasteiger partial charge in [-0.2, -0.15) is 0 Å². The molecular weight excluding hydrogens is 308 g/mol. The SMILES string of the molecule is CC(/C=C(/Cl)c1ccc(Br)cc1)c1ccccc1. The van der Waals surface area contributed by atoms with Crippen molar-refractivity contribution in [2.75, 3.05) is 0 Å². The second-order valence-electron chi connectivity index (χ2n) is 4.22. The maximum atomic E-state index is 6.35. The van der Waals surface area contributed by atoms with Crippen molar-refractivity contribution in [3.63, 3.8) is 0 Å². The molecular formula is C16H14BrCl. The highest BCUT2D eigenvalue weighted by Gasteiger charge is 2.04. The summed E-state index contributed by atoms with van der Waals surface area (Å²) in [7, 11) is 0. The Hall–Kier alpha value is -1.05. The van der Waals surface area contributed by atoms with Crippen molar-refractivity contribution in [2.24, 2.45) is 0 Å². The van der Waals surface area contributed by atoms with Crippen LogP contribution in [0.4, 0.5) is 0 Å². The number of hydrogen-bond donors (Lipinski definition) is 0. The number of benzene rings is 2. The van der Waals surface area contributed by atoms with Crippen LogP contribution < -0.4 is 0 Å². The first-order valence-corrected chi connectivity index (χ1v) is 7.02. The van der Waals surface area contributed by atoms with E-state index in [4.69, 9.17) is 11.6 Å². The molecule has 0 saturated heterocycles. The van der Waals surface area contributed by atoms with Crippen LogP contribution in [-0.2, 0) is 0 Å². The molecule has 0 saturated carbocycles. The minimum atomic E-state index is 0.308. The molecule has 0 aliphatic heterocycles. The van der Waals surface area contributed by atoms with Gasteiger partial charge in [-0.05, 0) is 23.3 Å². The fraction of sp³-hybridized carbons (Fsp3) is 0.125. The quantitative estimate of drug-likeness (QED) is 0.667. The van der Waals surface area contributed by atoms with E-state index < -0.39 is 0 Å². The van der Waals surface area contributed by atoms with Gasteiger partial charge in [-0.3, -0.25) is 0 Å². The average molecular weight is 322 g/mol. The molecule has 0 N–H and O–H groups in total. The summed E-state index contributed by atoms with van der Waals surface area (Å²) in [5.74, 6) is 0.308. The second kappa shape index (κ2) is 6.21. The summed E-state index contributed by atoms with van der Waals surface area (Å²) in [6.07, 6.45) is 2.08. The molecule has 2 aromatic carbocycles. The molecule has 0 heterocycles. The normalized spacial score (nSPS) is 13.4. The lowest BCUT2D eigenvalue weighted by Crippen LogP contribution is -1.89. The Balaban J connectivity index is 2.20. The summed E-state index contributed by atoms with van der Waals surface area (Å²) < 4.78 is 1.06. The first-order valence-electron chi connectivity index (χ1n) is 5.85. The van der Waals surface area contributed by atoms with Gasteiger partial charge < -0.3 is 0 Å². The van der Waals surface area contributed by atoms with E-state index in [1.807, 2.05) is 42.5 Å². The van der Waals surface area contributed by atoms with Crippen LogP contribution in [0.1, 0.15) is 24.0 Å². The molecule has 0 bridgehead atoms. The summed E-state index contributed by atoms with van der Waals surface area (Å²) in [4.78, 5) is 0. The van der Waals surface area contributed by atoms with Gasteiger partial charge in [0.2, 0.25) is 0 Å². The van der Waals surface area contributed by atoms with Crippen LogP contribution in [0, 0.1) is 0 Å². The van der Waals surface area contributed by atoms with Crippen molar-refractivity contribution in [1.29, 1.82) is 0 Å². The van der Waals surface area contributed by atoms with Crippen LogP contribution in [0.15, 0.2) is 65.1 Å². The van der Waals surface area contributed by atoms with E-state index in [-0.39, 0.29) is 0 Å². The third-order valence-corrected chi connectivity index (χ3v) is 3.71. The molecule has 0 aliphatic carbocycles. The van der Waals surface area contributed by atoms with Crippen molar-refractivity contribution in [3.8, 4) is 0 Å². The number of halogens is 2.